The third kappa shape index (κ3) is 6.66. The molecule has 0 spiro atoms. The van der Waals surface area contributed by atoms with Gasteiger partial charge in [0.05, 0.1) is 13.2 Å². The smallest absolute Gasteiger partial charge is 0.320 e. The van der Waals surface area contributed by atoms with E-state index in [4.69, 9.17) is 36.1 Å². The summed E-state index contributed by atoms with van der Waals surface area (Å²) in [6, 6.07) is 17.3. The van der Waals surface area contributed by atoms with Crippen LogP contribution in [-0.4, -0.2) is 49.2 Å². The minimum absolute atomic E-state index is 0.134. The van der Waals surface area contributed by atoms with Crippen LogP contribution in [0.3, 0.4) is 0 Å². The van der Waals surface area contributed by atoms with E-state index in [1.165, 1.54) is 0 Å². The van der Waals surface area contributed by atoms with Crippen LogP contribution in [-0.2, 0) is 37.0 Å². The van der Waals surface area contributed by atoms with Crippen molar-refractivity contribution in [2.24, 2.45) is 5.11 Å². The number of esters is 1. The predicted octanol–water partition coefficient (Wildman–Crippen LogP) is 4.31. The van der Waals surface area contributed by atoms with E-state index in [-0.39, 0.29) is 25.7 Å². The van der Waals surface area contributed by atoms with Gasteiger partial charge in [0, 0.05) is 4.91 Å². The summed E-state index contributed by atoms with van der Waals surface area (Å²) < 4.78 is 37.3. The summed E-state index contributed by atoms with van der Waals surface area (Å²) in [5.74, 6) is -1.03. The van der Waals surface area contributed by atoms with Crippen molar-refractivity contribution < 1.29 is 28.1 Å². The van der Waals surface area contributed by atoms with Gasteiger partial charge in [-0.05, 0) is 16.7 Å². The zero-order chi connectivity index (χ0) is 22.8. The van der Waals surface area contributed by atoms with Gasteiger partial charge in [-0.3, -0.25) is 4.79 Å². The topological polar surface area (TPSA) is 103 Å². The lowest BCUT2D eigenvalue weighted by molar-refractivity contribution is -0.252. The molecule has 0 radical (unpaired) electrons. The SMILES string of the molecule is [N-]=[N+]=N[C@@H]1[C@@H](OCc2ccccc2)[C@H](OCc2ccccc2)[C@@H](COC(=O)CCl)O[C@@H]1F. The van der Waals surface area contributed by atoms with Crippen LogP contribution in [0.25, 0.3) is 10.4 Å². The van der Waals surface area contributed by atoms with E-state index in [0.29, 0.717) is 0 Å². The highest BCUT2D eigenvalue weighted by atomic mass is 35.5. The average molecular weight is 464 g/mol. The zero-order valence-electron chi connectivity index (χ0n) is 17.1. The first-order valence-corrected chi connectivity index (χ1v) is 10.5. The van der Waals surface area contributed by atoms with Crippen LogP contribution in [0.4, 0.5) is 4.39 Å². The minimum atomic E-state index is -1.97. The molecule has 1 saturated heterocycles. The number of hydrogen-bond acceptors (Lipinski definition) is 6. The number of ether oxygens (including phenoxy) is 4. The minimum Gasteiger partial charge on any atom is -0.462 e. The van der Waals surface area contributed by atoms with Crippen LogP contribution >= 0.6 is 11.6 Å². The normalized spacial score (nSPS) is 25.0. The molecule has 0 aromatic heterocycles. The molecule has 0 saturated carbocycles. The summed E-state index contributed by atoms with van der Waals surface area (Å²) in [5, 5.41) is 3.56. The summed E-state index contributed by atoms with van der Waals surface area (Å²) in [4.78, 5) is 14.3. The van der Waals surface area contributed by atoms with Gasteiger partial charge in [0.25, 0.3) is 0 Å². The average Bonchev–Trinajstić information content (AvgIpc) is 2.83. The molecule has 2 aromatic carbocycles. The maximum Gasteiger partial charge on any atom is 0.320 e. The first kappa shape index (κ1) is 24.0. The standard InChI is InChI=1S/C22H23ClFN3O5/c23-11-18(28)29-14-17-20(30-12-15-7-3-1-4-8-15)21(19(26-27-25)22(24)32-17)31-13-16-9-5-2-6-10-16/h1-10,17,19-22H,11-14H2/t17-,19-,20-,21-,22+/m1/s1. The van der Waals surface area contributed by atoms with Crippen LogP contribution in [0, 0.1) is 0 Å². The molecule has 8 nitrogen and oxygen atoms in total. The number of halogens is 2. The van der Waals surface area contributed by atoms with Crippen LogP contribution in [0.1, 0.15) is 11.1 Å². The lowest BCUT2D eigenvalue weighted by atomic mass is 9.97. The second-order valence-corrected chi connectivity index (χ2v) is 7.33. The summed E-state index contributed by atoms with van der Waals surface area (Å²) in [6.45, 7) is 0.00856. The Morgan fingerprint density at radius 2 is 1.59 bits per heavy atom. The van der Waals surface area contributed by atoms with Crippen molar-refractivity contribution >= 4 is 17.6 Å². The molecular weight excluding hydrogens is 441 g/mol. The van der Waals surface area contributed by atoms with Gasteiger partial charge in [-0.15, -0.1) is 11.6 Å². The second-order valence-electron chi connectivity index (χ2n) is 7.06. The molecule has 0 aliphatic carbocycles. The Hall–Kier alpha value is -2.68. The van der Waals surface area contributed by atoms with Crippen molar-refractivity contribution in [3.63, 3.8) is 0 Å². The van der Waals surface area contributed by atoms with Gasteiger partial charge in [0.2, 0.25) is 6.36 Å². The number of benzene rings is 2. The van der Waals surface area contributed by atoms with E-state index >= 15 is 0 Å². The lowest BCUT2D eigenvalue weighted by Gasteiger charge is -2.42. The fourth-order valence-electron chi connectivity index (χ4n) is 3.33. The fourth-order valence-corrected chi connectivity index (χ4v) is 3.41. The first-order valence-electron chi connectivity index (χ1n) is 9.98. The zero-order valence-corrected chi connectivity index (χ0v) is 17.9. The monoisotopic (exact) mass is 463 g/mol. The van der Waals surface area contributed by atoms with E-state index in [9.17, 15) is 9.18 Å². The van der Waals surface area contributed by atoms with E-state index in [2.05, 4.69) is 10.0 Å². The Morgan fingerprint density at radius 3 is 2.12 bits per heavy atom. The molecule has 1 aliphatic rings. The van der Waals surface area contributed by atoms with Crippen molar-refractivity contribution in [1.82, 2.24) is 0 Å². The Morgan fingerprint density at radius 1 is 1.03 bits per heavy atom. The number of rotatable bonds is 10. The van der Waals surface area contributed by atoms with Gasteiger partial charge in [-0.2, -0.15) is 0 Å². The van der Waals surface area contributed by atoms with Gasteiger partial charge in [0.1, 0.15) is 36.8 Å². The summed E-state index contributed by atoms with van der Waals surface area (Å²) in [5.41, 5.74) is 10.7. The van der Waals surface area contributed by atoms with Gasteiger partial charge < -0.3 is 18.9 Å². The van der Waals surface area contributed by atoms with Gasteiger partial charge in [-0.1, -0.05) is 65.8 Å². The van der Waals surface area contributed by atoms with Crippen LogP contribution in [0.5, 0.6) is 0 Å². The number of alkyl halides is 2. The molecule has 2 aromatic rings. The molecule has 0 bridgehead atoms. The van der Waals surface area contributed by atoms with Gasteiger partial charge >= 0.3 is 5.97 Å². The number of nitrogens with zero attached hydrogens (tertiary/aromatic N) is 3. The number of hydrogen-bond donors (Lipinski definition) is 0. The fraction of sp³-hybridized carbons (Fsp3) is 0.409. The highest BCUT2D eigenvalue weighted by Gasteiger charge is 2.48. The molecule has 0 N–H and O–H groups in total. The van der Waals surface area contributed by atoms with E-state index in [1.807, 2.05) is 60.7 Å². The quantitative estimate of drug-likeness (QED) is 0.172. The van der Waals surface area contributed by atoms with Crippen LogP contribution in [0.15, 0.2) is 65.8 Å². The molecule has 170 valence electrons. The van der Waals surface area contributed by atoms with Gasteiger partial charge in [-0.25, -0.2) is 4.39 Å². The van der Waals surface area contributed by atoms with E-state index in [0.717, 1.165) is 11.1 Å². The highest BCUT2D eigenvalue weighted by molar-refractivity contribution is 6.26. The van der Waals surface area contributed by atoms with Crippen molar-refractivity contribution in [3.05, 3.63) is 82.2 Å². The highest BCUT2D eigenvalue weighted by Crippen LogP contribution is 2.30. The largest absolute Gasteiger partial charge is 0.462 e. The second kappa shape index (κ2) is 12.4. The molecule has 32 heavy (non-hydrogen) atoms. The summed E-state index contributed by atoms with van der Waals surface area (Å²) in [7, 11) is 0. The maximum atomic E-state index is 14.8. The van der Waals surface area contributed by atoms with Crippen molar-refractivity contribution in [3.8, 4) is 0 Å². The molecule has 0 amide bonds. The third-order valence-electron chi connectivity index (χ3n) is 4.87. The van der Waals surface area contributed by atoms with Gasteiger partial charge in [0.15, 0.2) is 0 Å². The molecule has 1 fully saturated rings. The predicted molar refractivity (Wildman–Crippen MR) is 114 cm³/mol. The Balaban J connectivity index is 1.83. The van der Waals surface area contributed by atoms with Crippen molar-refractivity contribution in [1.29, 1.82) is 0 Å². The van der Waals surface area contributed by atoms with Crippen molar-refractivity contribution in [2.75, 3.05) is 12.5 Å². The molecule has 5 atom stereocenters. The van der Waals surface area contributed by atoms with E-state index in [1.54, 1.807) is 0 Å². The summed E-state index contributed by atoms with van der Waals surface area (Å²) >= 11 is 5.49. The molecule has 3 rings (SSSR count). The van der Waals surface area contributed by atoms with Crippen LogP contribution in [0.2, 0.25) is 0 Å². The number of carbonyl (C=O) groups excluding carboxylic acids is 1. The van der Waals surface area contributed by atoms with E-state index < -0.39 is 36.7 Å². The number of carbonyl (C=O) groups is 1. The third-order valence-corrected chi connectivity index (χ3v) is 5.09. The molecule has 1 aliphatic heterocycles. The molecule has 1 heterocycles. The molecule has 0 unspecified atom stereocenters. The Labute approximate surface area is 189 Å². The van der Waals surface area contributed by atoms with Crippen molar-refractivity contribution in [2.45, 2.75) is 43.9 Å². The Kier molecular flexibility index (Phi) is 9.27. The van der Waals surface area contributed by atoms with Crippen LogP contribution < -0.4 is 0 Å². The maximum absolute atomic E-state index is 14.8. The number of azide groups is 1. The lowest BCUT2D eigenvalue weighted by Crippen LogP contribution is -2.58. The first-order chi connectivity index (χ1) is 15.6. The summed E-state index contributed by atoms with van der Waals surface area (Å²) in [6.07, 6.45) is -4.84. The molecule has 10 heteroatoms. The molecular formula is C22H23ClFN3O5. The Bertz CT molecular complexity index is 901.